The van der Waals surface area contributed by atoms with Crippen molar-refractivity contribution >= 4 is 0 Å². The third-order valence-corrected chi connectivity index (χ3v) is 1.40. The lowest BCUT2D eigenvalue weighted by Crippen LogP contribution is -2.26. The van der Waals surface area contributed by atoms with Gasteiger partial charge in [-0.05, 0) is 6.07 Å². The van der Waals surface area contributed by atoms with Gasteiger partial charge in [0.05, 0.1) is 6.54 Å². The van der Waals surface area contributed by atoms with Crippen molar-refractivity contribution in [3.63, 3.8) is 0 Å². The molecule has 0 bridgehead atoms. The maximum Gasteiger partial charge on any atom is 0.0533 e. The largest absolute Gasteiger partial charge is 0.329 e. The predicted octanol–water partition coefficient (Wildman–Crippen LogP) is -0.569. The number of nitrogens with one attached hydrogen (secondary N) is 1. The molecule has 11 heavy (non-hydrogen) atoms. The number of hydrogen-bond acceptors (Lipinski definition) is 3. The molecule has 3 N–H and O–H groups in total. The Labute approximate surface area is 66.4 Å². The van der Waals surface area contributed by atoms with Crippen LogP contribution in [0.25, 0.3) is 0 Å². The van der Waals surface area contributed by atoms with Crippen LogP contribution >= 0.6 is 0 Å². The van der Waals surface area contributed by atoms with Crippen LogP contribution in [0.5, 0.6) is 0 Å². The Morgan fingerprint density at radius 2 is 2.36 bits per heavy atom. The van der Waals surface area contributed by atoms with Crippen molar-refractivity contribution in [1.82, 2.24) is 15.1 Å². The predicted molar refractivity (Wildman–Crippen MR) is 44.2 cm³/mol. The Morgan fingerprint density at radius 3 is 3.00 bits per heavy atom. The van der Waals surface area contributed by atoms with Crippen LogP contribution in [0, 0.1) is 0 Å². The molecule has 1 heterocycles. The van der Waals surface area contributed by atoms with Gasteiger partial charge in [-0.2, -0.15) is 5.10 Å². The molecule has 62 valence electrons. The van der Waals surface area contributed by atoms with E-state index in [0.29, 0.717) is 6.54 Å². The number of rotatable bonds is 5. The molecule has 4 heteroatoms. The molecular weight excluding hydrogens is 140 g/mol. The minimum absolute atomic E-state index is 0.694. The Bertz CT molecular complexity index is 171. The molecule has 0 aromatic carbocycles. The third kappa shape index (κ3) is 3.15. The minimum Gasteiger partial charge on any atom is -0.329 e. The molecule has 4 nitrogen and oxygen atoms in total. The fourth-order valence-corrected chi connectivity index (χ4v) is 0.853. The zero-order valence-electron chi connectivity index (χ0n) is 6.53. The van der Waals surface area contributed by atoms with Gasteiger partial charge in [-0.25, -0.2) is 0 Å². The fourth-order valence-electron chi connectivity index (χ4n) is 0.853. The van der Waals surface area contributed by atoms with Gasteiger partial charge < -0.3 is 11.1 Å². The van der Waals surface area contributed by atoms with Crippen molar-refractivity contribution in [2.75, 3.05) is 19.6 Å². The summed E-state index contributed by atoms with van der Waals surface area (Å²) in [6.45, 7) is 3.41. The van der Waals surface area contributed by atoms with E-state index in [1.54, 1.807) is 6.20 Å². The lowest BCUT2D eigenvalue weighted by Gasteiger charge is -2.02. The molecule has 0 unspecified atom stereocenters. The topological polar surface area (TPSA) is 55.9 Å². The molecule has 0 amide bonds. The van der Waals surface area contributed by atoms with E-state index in [1.165, 1.54) is 0 Å². The average Bonchev–Trinajstić information content (AvgIpc) is 2.50. The van der Waals surface area contributed by atoms with Crippen LogP contribution in [0.4, 0.5) is 0 Å². The standard InChI is InChI=1S/C7H14N4/c8-2-4-9-5-7-11-6-1-3-10-11/h1,3,6,9H,2,4-5,7-8H2. The molecule has 0 aliphatic carbocycles. The average molecular weight is 154 g/mol. The van der Waals surface area contributed by atoms with Gasteiger partial charge in [0.15, 0.2) is 0 Å². The van der Waals surface area contributed by atoms with E-state index in [9.17, 15) is 0 Å². The number of nitrogens with two attached hydrogens (primary N) is 1. The summed E-state index contributed by atoms with van der Waals surface area (Å²) >= 11 is 0. The monoisotopic (exact) mass is 154 g/mol. The molecule has 0 saturated carbocycles. The lowest BCUT2D eigenvalue weighted by atomic mass is 10.5. The molecular formula is C7H14N4. The van der Waals surface area contributed by atoms with E-state index < -0.39 is 0 Å². The fraction of sp³-hybridized carbons (Fsp3) is 0.571. The molecule has 1 aromatic rings. The molecule has 0 saturated heterocycles. The summed E-state index contributed by atoms with van der Waals surface area (Å²) in [7, 11) is 0. The van der Waals surface area contributed by atoms with Crippen molar-refractivity contribution in [3.8, 4) is 0 Å². The SMILES string of the molecule is NCCNCCn1cccn1. The Hall–Kier alpha value is -0.870. The van der Waals surface area contributed by atoms with Crippen molar-refractivity contribution in [2.24, 2.45) is 5.73 Å². The van der Waals surface area contributed by atoms with Crippen molar-refractivity contribution in [1.29, 1.82) is 0 Å². The highest BCUT2D eigenvalue weighted by Crippen LogP contribution is 1.81. The van der Waals surface area contributed by atoms with Crippen LogP contribution in [0.2, 0.25) is 0 Å². The van der Waals surface area contributed by atoms with Crippen LogP contribution in [0.1, 0.15) is 0 Å². The second-order valence-corrected chi connectivity index (χ2v) is 2.31. The Balaban J connectivity index is 2.04. The van der Waals surface area contributed by atoms with Gasteiger partial charge in [-0.3, -0.25) is 4.68 Å². The maximum absolute atomic E-state index is 5.30. The summed E-state index contributed by atoms with van der Waals surface area (Å²) in [6.07, 6.45) is 3.73. The second kappa shape index (κ2) is 4.87. The van der Waals surface area contributed by atoms with Gasteiger partial charge >= 0.3 is 0 Å². The highest BCUT2D eigenvalue weighted by molar-refractivity contribution is 4.77. The van der Waals surface area contributed by atoms with Crippen molar-refractivity contribution in [3.05, 3.63) is 18.5 Å². The van der Waals surface area contributed by atoms with E-state index in [-0.39, 0.29) is 0 Å². The second-order valence-electron chi connectivity index (χ2n) is 2.31. The Morgan fingerprint density at radius 1 is 1.45 bits per heavy atom. The van der Waals surface area contributed by atoms with Gasteiger partial charge in [0, 0.05) is 32.0 Å². The van der Waals surface area contributed by atoms with Gasteiger partial charge in [-0.1, -0.05) is 0 Å². The van der Waals surface area contributed by atoms with E-state index in [0.717, 1.165) is 19.6 Å². The number of hydrogen-bond donors (Lipinski definition) is 2. The van der Waals surface area contributed by atoms with E-state index in [2.05, 4.69) is 10.4 Å². The first-order valence-corrected chi connectivity index (χ1v) is 3.81. The zero-order chi connectivity index (χ0) is 7.94. The van der Waals surface area contributed by atoms with E-state index >= 15 is 0 Å². The van der Waals surface area contributed by atoms with Crippen LogP contribution in [-0.4, -0.2) is 29.4 Å². The number of aromatic nitrogens is 2. The third-order valence-electron chi connectivity index (χ3n) is 1.40. The highest BCUT2D eigenvalue weighted by Gasteiger charge is 1.87. The summed E-state index contributed by atoms with van der Waals surface area (Å²) in [5.41, 5.74) is 5.30. The number of nitrogens with zero attached hydrogens (tertiary/aromatic N) is 2. The zero-order valence-corrected chi connectivity index (χ0v) is 6.53. The molecule has 0 fully saturated rings. The lowest BCUT2D eigenvalue weighted by molar-refractivity contribution is 0.559. The Kier molecular flexibility index (Phi) is 3.64. The molecule has 0 atom stereocenters. The molecule has 1 aromatic heterocycles. The van der Waals surface area contributed by atoms with Crippen LogP contribution < -0.4 is 11.1 Å². The maximum atomic E-state index is 5.30. The highest BCUT2D eigenvalue weighted by atomic mass is 15.3. The molecule has 0 spiro atoms. The van der Waals surface area contributed by atoms with Gasteiger partial charge in [0.1, 0.15) is 0 Å². The van der Waals surface area contributed by atoms with E-state index in [4.69, 9.17) is 5.73 Å². The van der Waals surface area contributed by atoms with Crippen LogP contribution in [-0.2, 0) is 6.54 Å². The normalized spacial score (nSPS) is 10.3. The first-order chi connectivity index (χ1) is 5.43. The molecule has 0 aliphatic rings. The van der Waals surface area contributed by atoms with Crippen molar-refractivity contribution in [2.45, 2.75) is 6.54 Å². The summed E-state index contributed by atoms with van der Waals surface area (Å²) in [6, 6.07) is 1.92. The first-order valence-electron chi connectivity index (χ1n) is 3.81. The summed E-state index contributed by atoms with van der Waals surface area (Å²) < 4.78 is 1.89. The summed E-state index contributed by atoms with van der Waals surface area (Å²) in [5.74, 6) is 0. The first kappa shape index (κ1) is 8.23. The van der Waals surface area contributed by atoms with Gasteiger partial charge in [0.25, 0.3) is 0 Å². The van der Waals surface area contributed by atoms with Crippen molar-refractivity contribution < 1.29 is 0 Å². The molecule has 0 radical (unpaired) electrons. The quantitative estimate of drug-likeness (QED) is 0.558. The summed E-state index contributed by atoms with van der Waals surface area (Å²) in [5, 5.41) is 7.25. The van der Waals surface area contributed by atoms with Crippen LogP contribution in [0.15, 0.2) is 18.5 Å². The molecule has 0 aliphatic heterocycles. The molecule has 1 rings (SSSR count). The smallest absolute Gasteiger partial charge is 0.0533 e. The summed E-state index contributed by atoms with van der Waals surface area (Å²) in [4.78, 5) is 0. The van der Waals surface area contributed by atoms with Crippen LogP contribution in [0.3, 0.4) is 0 Å². The minimum atomic E-state index is 0.694. The van der Waals surface area contributed by atoms with E-state index in [1.807, 2.05) is 16.9 Å². The van der Waals surface area contributed by atoms with Gasteiger partial charge in [-0.15, -0.1) is 0 Å². The van der Waals surface area contributed by atoms with Gasteiger partial charge in [0.2, 0.25) is 0 Å².